The molecule has 0 bridgehead atoms. The van der Waals surface area contributed by atoms with Crippen LogP contribution in [-0.4, -0.2) is 47.4 Å². The highest BCUT2D eigenvalue weighted by molar-refractivity contribution is 7.09. The summed E-state index contributed by atoms with van der Waals surface area (Å²) in [5, 5.41) is 8.95. The van der Waals surface area contributed by atoms with E-state index in [0.29, 0.717) is 12.3 Å². The van der Waals surface area contributed by atoms with Gasteiger partial charge in [0.05, 0.1) is 6.54 Å². The number of amides is 2. The van der Waals surface area contributed by atoms with Crippen LogP contribution in [-0.2, 0) is 4.79 Å². The molecule has 3 aromatic rings. The molecule has 2 N–H and O–H groups in total. The molecule has 1 aliphatic rings. The molecule has 3 heterocycles. The molecular formula is C23H26N4O3S. The average molecular weight is 439 g/mol. The Morgan fingerprint density at radius 1 is 1.19 bits per heavy atom. The number of furan rings is 1. The number of likely N-dealkylation sites (tertiary alicyclic amines) is 1. The van der Waals surface area contributed by atoms with Crippen molar-refractivity contribution in [2.24, 2.45) is 0 Å². The third-order valence-corrected chi connectivity index (χ3v) is 6.23. The van der Waals surface area contributed by atoms with Crippen molar-refractivity contribution >= 4 is 23.2 Å². The van der Waals surface area contributed by atoms with Gasteiger partial charge in [0.15, 0.2) is 5.76 Å². The molecule has 1 atom stereocenters. The lowest BCUT2D eigenvalue weighted by atomic mass is 10.0. The summed E-state index contributed by atoms with van der Waals surface area (Å²) < 4.78 is 5.38. The molecule has 0 aliphatic carbocycles. The Hall–Kier alpha value is -2.97. The predicted molar refractivity (Wildman–Crippen MR) is 119 cm³/mol. The van der Waals surface area contributed by atoms with Gasteiger partial charge >= 0.3 is 0 Å². The molecule has 162 valence electrons. The van der Waals surface area contributed by atoms with Crippen molar-refractivity contribution in [1.82, 2.24) is 20.5 Å². The van der Waals surface area contributed by atoms with E-state index in [1.165, 1.54) is 11.3 Å². The van der Waals surface area contributed by atoms with Crippen molar-refractivity contribution in [3.8, 4) is 0 Å². The highest BCUT2D eigenvalue weighted by Gasteiger charge is 2.25. The second kappa shape index (κ2) is 9.89. The van der Waals surface area contributed by atoms with Gasteiger partial charge in [0.1, 0.15) is 16.8 Å². The Morgan fingerprint density at radius 3 is 2.61 bits per heavy atom. The Kier molecular flexibility index (Phi) is 6.79. The number of hydrogen-bond donors (Lipinski definition) is 2. The van der Waals surface area contributed by atoms with Crippen LogP contribution in [0.3, 0.4) is 0 Å². The van der Waals surface area contributed by atoms with Gasteiger partial charge in [-0.1, -0.05) is 30.3 Å². The molecule has 0 saturated carbocycles. The van der Waals surface area contributed by atoms with Crippen molar-refractivity contribution in [3.63, 3.8) is 0 Å². The van der Waals surface area contributed by atoms with Crippen LogP contribution in [0.5, 0.6) is 0 Å². The van der Waals surface area contributed by atoms with Gasteiger partial charge in [-0.3, -0.25) is 14.5 Å². The number of thiazole rings is 1. The average Bonchev–Trinajstić information content (AvgIpc) is 3.46. The molecule has 31 heavy (non-hydrogen) atoms. The molecule has 1 saturated heterocycles. The zero-order valence-corrected chi connectivity index (χ0v) is 18.2. The van der Waals surface area contributed by atoms with E-state index >= 15 is 0 Å². The van der Waals surface area contributed by atoms with Gasteiger partial charge < -0.3 is 15.1 Å². The lowest BCUT2D eigenvalue weighted by Gasteiger charge is -2.32. The first-order chi connectivity index (χ1) is 15.1. The van der Waals surface area contributed by atoms with Crippen LogP contribution in [0.25, 0.3) is 0 Å². The van der Waals surface area contributed by atoms with Crippen LogP contribution in [0, 0.1) is 6.92 Å². The number of carbonyl (C=O) groups is 2. The summed E-state index contributed by atoms with van der Waals surface area (Å²) in [6.07, 6.45) is 3.35. The van der Waals surface area contributed by atoms with Crippen LogP contribution in [0.15, 0.2) is 58.5 Å². The zero-order chi connectivity index (χ0) is 21.6. The van der Waals surface area contributed by atoms with Crippen LogP contribution in [0.1, 0.15) is 45.8 Å². The van der Waals surface area contributed by atoms with Gasteiger partial charge in [0, 0.05) is 30.7 Å². The Balaban J connectivity index is 1.28. The molecular weight excluding hydrogens is 412 g/mol. The van der Waals surface area contributed by atoms with Crippen molar-refractivity contribution in [3.05, 3.63) is 76.1 Å². The maximum Gasteiger partial charge on any atom is 0.287 e. The Bertz CT molecular complexity index is 995. The zero-order valence-electron chi connectivity index (χ0n) is 17.4. The van der Waals surface area contributed by atoms with E-state index < -0.39 is 0 Å². The highest BCUT2D eigenvalue weighted by atomic mass is 32.1. The first-order valence-corrected chi connectivity index (χ1v) is 11.3. The Morgan fingerprint density at radius 2 is 1.97 bits per heavy atom. The van der Waals surface area contributed by atoms with Gasteiger partial charge in [0.2, 0.25) is 5.91 Å². The topological polar surface area (TPSA) is 87.5 Å². The van der Waals surface area contributed by atoms with Crippen molar-refractivity contribution in [2.45, 2.75) is 31.8 Å². The SMILES string of the molecule is Cc1ccc(C(=O)NC2CCN(CC(=O)NC(c3ccccc3)c3nccs3)CC2)o1. The van der Waals surface area contributed by atoms with Crippen molar-refractivity contribution in [2.75, 3.05) is 19.6 Å². The van der Waals surface area contributed by atoms with E-state index in [1.807, 2.05) is 42.6 Å². The van der Waals surface area contributed by atoms with Crippen molar-refractivity contribution in [1.29, 1.82) is 0 Å². The summed E-state index contributed by atoms with van der Waals surface area (Å²) in [5.74, 6) is 0.849. The van der Waals surface area contributed by atoms with Crippen LogP contribution in [0.2, 0.25) is 0 Å². The molecule has 0 spiro atoms. The minimum absolute atomic E-state index is 0.0300. The van der Waals surface area contributed by atoms with Crippen LogP contribution in [0.4, 0.5) is 0 Å². The number of aromatic nitrogens is 1. The summed E-state index contributed by atoms with van der Waals surface area (Å²) in [7, 11) is 0. The molecule has 2 amide bonds. The molecule has 1 unspecified atom stereocenters. The lowest BCUT2D eigenvalue weighted by molar-refractivity contribution is -0.123. The second-order valence-corrected chi connectivity index (χ2v) is 8.64. The maximum atomic E-state index is 12.8. The fourth-order valence-corrected chi connectivity index (χ4v) is 4.48. The quantitative estimate of drug-likeness (QED) is 0.592. The number of rotatable bonds is 7. The number of nitrogens with one attached hydrogen (secondary N) is 2. The van der Waals surface area contributed by atoms with E-state index in [-0.39, 0.29) is 23.9 Å². The molecule has 7 nitrogen and oxygen atoms in total. The summed E-state index contributed by atoms with van der Waals surface area (Å²) in [5.41, 5.74) is 1.01. The van der Waals surface area contributed by atoms with E-state index in [4.69, 9.17) is 4.42 Å². The third kappa shape index (κ3) is 5.59. The first-order valence-electron chi connectivity index (χ1n) is 10.4. The lowest BCUT2D eigenvalue weighted by Crippen LogP contribution is -2.47. The number of hydrogen-bond acceptors (Lipinski definition) is 6. The van der Waals surface area contributed by atoms with Gasteiger partial charge in [0.25, 0.3) is 5.91 Å². The first kappa shape index (κ1) is 21.3. The van der Waals surface area contributed by atoms with E-state index in [0.717, 1.165) is 42.3 Å². The number of carbonyl (C=O) groups excluding carboxylic acids is 2. The number of benzene rings is 1. The van der Waals surface area contributed by atoms with Crippen LogP contribution < -0.4 is 10.6 Å². The second-order valence-electron chi connectivity index (χ2n) is 7.72. The number of piperidine rings is 1. The molecule has 1 fully saturated rings. The molecule has 2 aromatic heterocycles. The minimum atomic E-state index is -0.248. The standard InChI is InChI=1S/C23H26N4O3S/c1-16-7-8-19(30-16)22(29)25-18-9-12-27(13-10-18)15-20(28)26-21(23-24-11-14-31-23)17-5-3-2-4-6-17/h2-8,11,14,18,21H,9-10,12-13,15H2,1H3,(H,25,29)(H,26,28). The summed E-state index contributed by atoms with van der Waals surface area (Å²) in [6, 6.07) is 13.2. The fourth-order valence-electron chi connectivity index (χ4n) is 3.77. The van der Waals surface area contributed by atoms with Crippen molar-refractivity contribution < 1.29 is 14.0 Å². The number of aryl methyl sites for hydroxylation is 1. The minimum Gasteiger partial charge on any atom is -0.456 e. The maximum absolute atomic E-state index is 12.8. The van der Waals surface area contributed by atoms with E-state index in [2.05, 4.69) is 20.5 Å². The molecule has 8 heteroatoms. The fraction of sp³-hybridized carbons (Fsp3) is 0.348. The summed E-state index contributed by atoms with van der Waals surface area (Å²) in [4.78, 5) is 31.6. The highest BCUT2D eigenvalue weighted by Crippen LogP contribution is 2.23. The molecule has 0 radical (unpaired) electrons. The van der Waals surface area contributed by atoms with Gasteiger partial charge in [-0.2, -0.15) is 0 Å². The normalized spacial score (nSPS) is 16.0. The number of nitrogens with zero attached hydrogens (tertiary/aromatic N) is 2. The summed E-state index contributed by atoms with van der Waals surface area (Å²) >= 11 is 1.53. The predicted octanol–water partition coefficient (Wildman–Crippen LogP) is 3.14. The largest absolute Gasteiger partial charge is 0.456 e. The van der Waals surface area contributed by atoms with E-state index in [9.17, 15) is 9.59 Å². The molecule has 4 rings (SSSR count). The monoisotopic (exact) mass is 438 g/mol. The smallest absolute Gasteiger partial charge is 0.287 e. The van der Waals surface area contributed by atoms with Crippen LogP contribution >= 0.6 is 11.3 Å². The van der Waals surface area contributed by atoms with Gasteiger partial charge in [-0.05, 0) is 37.5 Å². The van der Waals surface area contributed by atoms with E-state index in [1.54, 1.807) is 18.3 Å². The van der Waals surface area contributed by atoms with Gasteiger partial charge in [-0.15, -0.1) is 11.3 Å². The molecule has 1 aliphatic heterocycles. The third-order valence-electron chi connectivity index (χ3n) is 5.39. The molecule has 1 aromatic carbocycles. The van der Waals surface area contributed by atoms with Gasteiger partial charge in [-0.25, -0.2) is 4.98 Å². The Labute approximate surface area is 185 Å². The summed E-state index contributed by atoms with van der Waals surface area (Å²) in [6.45, 7) is 3.65.